The van der Waals surface area contributed by atoms with Crippen molar-refractivity contribution in [2.45, 2.75) is 58.6 Å². The predicted octanol–water partition coefficient (Wildman–Crippen LogP) is 3.48. The number of amides is 2. The van der Waals surface area contributed by atoms with Crippen molar-refractivity contribution in [2.24, 2.45) is 0 Å². The van der Waals surface area contributed by atoms with E-state index < -0.39 is 12.2 Å². The third-order valence-electron chi connectivity index (χ3n) is 3.55. The van der Waals surface area contributed by atoms with Crippen molar-refractivity contribution in [1.82, 2.24) is 10.6 Å². The Morgan fingerprint density at radius 1 is 1.08 bits per heavy atom. The Kier molecular flexibility index (Phi) is 8.68. The number of carboxylic acids is 1. The Bertz CT molecular complexity index is 514. The number of hydrogen-bond donors (Lipinski definition) is 3. The molecule has 6 nitrogen and oxygen atoms in total. The van der Waals surface area contributed by atoms with Crippen LogP contribution >= 0.6 is 0 Å². The van der Waals surface area contributed by atoms with Crippen molar-refractivity contribution in [3.05, 3.63) is 29.8 Å². The molecule has 1 atom stereocenters. The molecule has 0 fully saturated rings. The first-order valence-corrected chi connectivity index (χ1v) is 8.41. The predicted molar refractivity (Wildman–Crippen MR) is 93.3 cm³/mol. The normalized spacial score (nSPS) is 11.8. The highest BCUT2D eigenvalue weighted by Gasteiger charge is 2.08. The number of hydrogen-bond acceptors (Lipinski definition) is 3. The molecule has 2 amide bonds. The number of aliphatic carboxylic acids is 1. The van der Waals surface area contributed by atoms with Gasteiger partial charge in [0.1, 0.15) is 5.75 Å². The Morgan fingerprint density at radius 2 is 1.75 bits per heavy atom. The minimum absolute atomic E-state index is 0.173. The highest BCUT2D eigenvalue weighted by molar-refractivity contribution is 5.73. The lowest BCUT2D eigenvalue weighted by atomic mass is 10.0. The van der Waals surface area contributed by atoms with Crippen LogP contribution in [-0.2, 0) is 4.79 Å². The van der Waals surface area contributed by atoms with Crippen LogP contribution in [0, 0.1) is 0 Å². The molecular weight excluding hydrogens is 308 g/mol. The van der Waals surface area contributed by atoms with Crippen molar-refractivity contribution >= 4 is 12.0 Å². The van der Waals surface area contributed by atoms with Gasteiger partial charge in [-0.15, -0.1) is 0 Å². The van der Waals surface area contributed by atoms with Crippen molar-refractivity contribution in [1.29, 1.82) is 0 Å². The average molecular weight is 336 g/mol. The third-order valence-corrected chi connectivity index (χ3v) is 3.55. The molecule has 0 aliphatic carbocycles. The zero-order valence-electron chi connectivity index (χ0n) is 14.7. The zero-order chi connectivity index (χ0) is 17.9. The summed E-state index contributed by atoms with van der Waals surface area (Å²) < 4.78 is 5.65. The summed E-state index contributed by atoms with van der Waals surface area (Å²) in [5.74, 6) is 0.393. The van der Waals surface area contributed by atoms with Gasteiger partial charge < -0.3 is 20.5 Å². The molecule has 24 heavy (non-hydrogen) atoms. The molecule has 134 valence electrons. The van der Waals surface area contributed by atoms with Crippen LogP contribution in [0.1, 0.15) is 57.9 Å². The van der Waals surface area contributed by atoms with Crippen molar-refractivity contribution in [2.75, 3.05) is 6.54 Å². The van der Waals surface area contributed by atoms with Gasteiger partial charge in [-0.3, -0.25) is 4.79 Å². The quantitative estimate of drug-likeness (QED) is 0.451. The summed E-state index contributed by atoms with van der Waals surface area (Å²) in [6.45, 7) is 6.54. The first-order valence-electron chi connectivity index (χ1n) is 8.41. The topological polar surface area (TPSA) is 87.7 Å². The lowest BCUT2D eigenvalue weighted by Crippen LogP contribution is -2.43. The molecule has 0 radical (unpaired) electrons. The maximum absolute atomic E-state index is 11.7. The Morgan fingerprint density at radius 3 is 2.33 bits per heavy atom. The molecule has 6 heteroatoms. The Balaban J connectivity index is 2.20. The molecule has 0 heterocycles. The van der Waals surface area contributed by atoms with Gasteiger partial charge in [0.15, 0.2) is 6.23 Å². The van der Waals surface area contributed by atoms with Gasteiger partial charge in [-0.05, 0) is 43.4 Å². The Hall–Kier alpha value is -2.24. The lowest BCUT2D eigenvalue weighted by Gasteiger charge is -2.17. The fourth-order valence-electron chi connectivity index (χ4n) is 2.18. The number of rotatable bonds is 10. The van der Waals surface area contributed by atoms with Crippen LogP contribution in [0.15, 0.2) is 24.3 Å². The van der Waals surface area contributed by atoms with E-state index in [1.54, 1.807) is 6.92 Å². The first-order chi connectivity index (χ1) is 11.4. The van der Waals surface area contributed by atoms with E-state index in [0.717, 1.165) is 12.8 Å². The molecule has 0 spiro atoms. The van der Waals surface area contributed by atoms with Crippen molar-refractivity contribution < 1.29 is 19.4 Å². The van der Waals surface area contributed by atoms with E-state index in [0.29, 0.717) is 24.6 Å². The van der Waals surface area contributed by atoms with Gasteiger partial charge in [0.25, 0.3) is 0 Å². The van der Waals surface area contributed by atoms with Gasteiger partial charge in [-0.2, -0.15) is 0 Å². The van der Waals surface area contributed by atoms with E-state index in [1.807, 2.05) is 24.3 Å². The number of unbranched alkanes of at least 4 members (excludes halogenated alkanes) is 2. The molecule has 0 saturated heterocycles. The summed E-state index contributed by atoms with van der Waals surface area (Å²) in [6, 6.07) is 7.54. The van der Waals surface area contributed by atoms with E-state index in [2.05, 4.69) is 24.5 Å². The summed E-state index contributed by atoms with van der Waals surface area (Å²) in [7, 11) is 0. The fourth-order valence-corrected chi connectivity index (χ4v) is 2.18. The zero-order valence-corrected chi connectivity index (χ0v) is 14.7. The molecular formula is C18H28N2O4. The molecule has 0 saturated carbocycles. The summed E-state index contributed by atoms with van der Waals surface area (Å²) in [5, 5.41) is 14.0. The molecule has 0 aliphatic heterocycles. The molecule has 1 rings (SSSR count). The van der Waals surface area contributed by atoms with Gasteiger partial charge in [0.05, 0.1) is 0 Å². The number of benzene rings is 1. The Labute approximate surface area is 143 Å². The number of nitrogens with one attached hydrogen (secondary N) is 2. The van der Waals surface area contributed by atoms with Crippen molar-refractivity contribution in [3.63, 3.8) is 0 Å². The summed E-state index contributed by atoms with van der Waals surface area (Å²) >= 11 is 0. The molecule has 3 N–H and O–H groups in total. The highest BCUT2D eigenvalue weighted by atomic mass is 16.5. The van der Waals surface area contributed by atoms with Crippen LogP contribution in [0.25, 0.3) is 0 Å². The smallest absolute Gasteiger partial charge is 0.317 e. The van der Waals surface area contributed by atoms with Gasteiger partial charge >= 0.3 is 12.0 Å². The van der Waals surface area contributed by atoms with Crippen LogP contribution in [0.3, 0.4) is 0 Å². The second-order valence-corrected chi connectivity index (χ2v) is 6.09. The largest absolute Gasteiger partial charge is 0.481 e. The minimum Gasteiger partial charge on any atom is -0.481 e. The van der Waals surface area contributed by atoms with Gasteiger partial charge in [-0.1, -0.05) is 32.4 Å². The number of urea groups is 1. The minimum atomic E-state index is -0.784. The number of carbonyl (C=O) groups is 2. The standard InChI is InChI=1S/C18H28N2O4/c1-13(2)15-8-10-16(11-9-15)24-14(3)20-18(23)19-12-6-4-5-7-17(21)22/h8-11,13-14H,4-7,12H2,1-3H3,(H,21,22)(H2,19,20,23). The number of carboxylic acid groups (broad SMARTS) is 1. The van der Waals surface area contributed by atoms with Crippen LogP contribution in [0.2, 0.25) is 0 Å². The van der Waals surface area contributed by atoms with Crippen LogP contribution in [0.5, 0.6) is 5.75 Å². The maximum Gasteiger partial charge on any atom is 0.317 e. The third kappa shape index (κ3) is 8.41. The maximum atomic E-state index is 11.7. The van der Waals surface area contributed by atoms with Crippen LogP contribution < -0.4 is 15.4 Å². The molecule has 0 aromatic heterocycles. The molecule has 0 bridgehead atoms. The van der Waals surface area contributed by atoms with Gasteiger partial charge in [-0.25, -0.2) is 4.79 Å². The monoisotopic (exact) mass is 336 g/mol. The fraction of sp³-hybridized carbons (Fsp3) is 0.556. The average Bonchev–Trinajstić information content (AvgIpc) is 2.50. The van der Waals surface area contributed by atoms with Crippen molar-refractivity contribution in [3.8, 4) is 5.75 Å². The number of ether oxygens (including phenoxy) is 1. The number of carbonyl (C=O) groups excluding carboxylic acids is 1. The second-order valence-electron chi connectivity index (χ2n) is 6.09. The highest BCUT2D eigenvalue weighted by Crippen LogP contribution is 2.19. The van der Waals surface area contributed by atoms with E-state index >= 15 is 0 Å². The van der Waals surface area contributed by atoms with Crippen LogP contribution in [-0.4, -0.2) is 29.9 Å². The summed E-state index contributed by atoms with van der Waals surface area (Å²) in [5.41, 5.74) is 1.24. The lowest BCUT2D eigenvalue weighted by molar-refractivity contribution is -0.137. The molecule has 1 aromatic carbocycles. The van der Waals surface area contributed by atoms with Gasteiger partial charge in [0, 0.05) is 13.0 Å². The molecule has 1 aromatic rings. The summed E-state index contributed by atoms with van der Waals surface area (Å²) in [6.07, 6.45) is 1.90. The summed E-state index contributed by atoms with van der Waals surface area (Å²) in [4.78, 5) is 22.1. The first kappa shape index (κ1) is 19.8. The van der Waals surface area contributed by atoms with E-state index in [1.165, 1.54) is 5.56 Å². The van der Waals surface area contributed by atoms with E-state index in [9.17, 15) is 9.59 Å². The molecule has 0 aliphatic rings. The van der Waals surface area contributed by atoms with Crippen LogP contribution in [0.4, 0.5) is 4.79 Å². The second kappa shape index (κ2) is 10.5. The van der Waals surface area contributed by atoms with E-state index in [4.69, 9.17) is 9.84 Å². The van der Waals surface area contributed by atoms with E-state index in [-0.39, 0.29) is 12.5 Å². The molecule has 1 unspecified atom stereocenters. The van der Waals surface area contributed by atoms with Gasteiger partial charge in [0.2, 0.25) is 0 Å². The SMILES string of the molecule is CC(NC(=O)NCCCCCC(=O)O)Oc1ccc(C(C)C)cc1.